The first kappa shape index (κ1) is 27.6. The lowest BCUT2D eigenvalue weighted by atomic mass is 9.87. The van der Waals surface area contributed by atoms with Gasteiger partial charge in [-0.2, -0.15) is 13.2 Å². The van der Waals surface area contributed by atoms with Crippen molar-refractivity contribution >= 4 is 28.7 Å². The fourth-order valence-electron chi connectivity index (χ4n) is 3.77. The summed E-state index contributed by atoms with van der Waals surface area (Å²) in [5.41, 5.74) is 4.75. The number of hydrogen-bond donors (Lipinski definition) is 1. The third-order valence-electron chi connectivity index (χ3n) is 5.90. The number of aromatic nitrogens is 4. The van der Waals surface area contributed by atoms with Crippen LogP contribution in [0.2, 0.25) is 0 Å². The molecular weight excluding hydrogens is 515 g/mol. The maximum absolute atomic E-state index is 13.3. The molecule has 4 aromatic rings. The van der Waals surface area contributed by atoms with E-state index in [2.05, 4.69) is 65.5 Å². The number of carbonyl (C=O) groups is 1. The molecule has 0 aliphatic carbocycles. The van der Waals surface area contributed by atoms with Crippen molar-refractivity contribution in [3.8, 4) is 11.5 Å². The van der Waals surface area contributed by atoms with Gasteiger partial charge in [0.25, 0.3) is 5.91 Å². The number of halogens is 3. The van der Waals surface area contributed by atoms with Gasteiger partial charge in [-0.05, 0) is 41.7 Å². The number of benzene rings is 2. The van der Waals surface area contributed by atoms with Crippen LogP contribution in [0.3, 0.4) is 0 Å². The molecule has 7 nitrogen and oxygen atoms in total. The number of hydrogen-bond acceptors (Lipinski definition) is 6. The Morgan fingerprint density at radius 2 is 1.74 bits per heavy atom. The summed E-state index contributed by atoms with van der Waals surface area (Å²) < 4.78 is 41.5. The Kier molecular flexibility index (Phi) is 7.80. The summed E-state index contributed by atoms with van der Waals surface area (Å²) in [7, 11) is 1.69. The molecule has 0 unspecified atom stereocenters. The zero-order chi connectivity index (χ0) is 27.7. The number of nitrogens with zero attached hydrogens (tertiary/aromatic N) is 4. The molecule has 2 aromatic carbocycles. The van der Waals surface area contributed by atoms with Gasteiger partial charge in [-0.3, -0.25) is 9.63 Å². The van der Waals surface area contributed by atoms with E-state index in [0.29, 0.717) is 22.1 Å². The molecule has 1 N–H and O–H groups in total. The number of aryl methyl sites for hydroxylation is 1. The quantitative estimate of drug-likeness (QED) is 0.217. The van der Waals surface area contributed by atoms with Gasteiger partial charge in [0.2, 0.25) is 0 Å². The van der Waals surface area contributed by atoms with Crippen LogP contribution in [0.25, 0.3) is 22.6 Å². The van der Waals surface area contributed by atoms with E-state index in [9.17, 15) is 18.0 Å². The monoisotopic (exact) mass is 543 g/mol. The van der Waals surface area contributed by atoms with E-state index in [0.717, 1.165) is 17.7 Å². The summed E-state index contributed by atoms with van der Waals surface area (Å²) >= 11 is 1.40. The van der Waals surface area contributed by atoms with Crippen molar-refractivity contribution in [1.29, 1.82) is 0 Å². The Morgan fingerprint density at radius 3 is 2.37 bits per heavy atom. The SMILES string of the molecule is CCONC(=O)c1cnc(SCc2ccc(C(C)(C)C)cc2)c(-c2nc3cc(C(F)(F)F)ccc3n2C)n1. The van der Waals surface area contributed by atoms with Gasteiger partial charge in [0, 0.05) is 12.8 Å². The van der Waals surface area contributed by atoms with Gasteiger partial charge in [-0.1, -0.05) is 56.8 Å². The van der Waals surface area contributed by atoms with Gasteiger partial charge in [0.15, 0.2) is 5.82 Å². The number of carbonyl (C=O) groups excluding carboxylic acids is 1. The summed E-state index contributed by atoms with van der Waals surface area (Å²) in [6.45, 7) is 8.43. The van der Waals surface area contributed by atoms with Crippen LogP contribution < -0.4 is 5.48 Å². The molecule has 0 aliphatic heterocycles. The predicted molar refractivity (Wildman–Crippen MR) is 141 cm³/mol. The van der Waals surface area contributed by atoms with Crippen molar-refractivity contribution in [1.82, 2.24) is 25.0 Å². The third kappa shape index (κ3) is 5.99. The van der Waals surface area contributed by atoms with Crippen molar-refractivity contribution in [2.24, 2.45) is 7.05 Å². The standard InChI is InChI=1S/C27H28F3N5O2S/c1-6-37-34-24(36)20-14-31-25(38-15-16-7-9-17(10-8-16)26(2,3)4)22(32-20)23-33-19-13-18(27(28,29)30)11-12-21(19)35(23)5/h7-14H,6,15H2,1-5H3,(H,34,36). The highest BCUT2D eigenvalue weighted by molar-refractivity contribution is 7.98. The number of alkyl halides is 3. The van der Waals surface area contributed by atoms with Gasteiger partial charge in [0.05, 0.1) is 29.4 Å². The van der Waals surface area contributed by atoms with Crippen molar-refractivity contribution in [2.75, 3.05) is 6.61 Å². The van der Waals surface area contributed by atoms with Gasteiger partial charge < -0.3 is 4.57 Å². The predicted octanol–water partition coefficient (Wildman–Crippen LogP) is 6.32. The topological polar surface area (TPSA) is 81.9 Å². The molecule has 0 saturated carbocycles. The molecule has 4 rings (SSSR count). The molecule has 0 fully saturated rings. The van der Waals surface area contributed by atoms with Crippen LogP contribution in [-0.4, -0.2) is 32.0 Å². The maximum Gasteiger partial charge on any atom is 0.416 e. The number of rotatable bonds is 7. The molecule has 0 aliphatic rings. The minimum absolute atomic E-state index is 0.00429. The van der Waals surface area contributed by atoms with E-state index >= 15 is 0 Å². The Balaban J connectivity index is 1.73. The third-order valence-corrected chi connectivity index (χ3v) is 6.95. The molecule has 0 bridgehead atoms. The van der Waals surface area contributed by atoms with Crippen LogP contribution in [0, 0.1) is 0 Å². The summed E-state index contributed by atoms with van der Waals surface area (Å²) in [4.78, 5) is 30.9. The van der Waals surface area contributed by atoms with Gasteiger partial charge in [-0.15, -0.1) is 0 Å². The summed E-state index contributed by atoms with van der Waals surface area (Å²) in [6.07, 6.45) is -3.15. The van der Waals surface area contributed by atoms with Crippen LogP contribution in [0.5, 0.6) is 0 Å². The first-order valence-corrected chi connectivity index (χ1v) is 12.9. The van der Waals surface area contributed by atoms with Gasteiger partial charge in [-0.25, -0.2) is 20.4 Å². The number of thioether (sulfide) groups is 1. The lowest BCUT2D eigenvalue weighted by Crippen LogP contribution is -2.25. The number of hydroxylamine groups is 1. The number of imidazole rings is 1. The first-order chi connectivity index (χ1) is 17.9. The number of amides is 1. The van der Waals surface area contributed by atoms with Crippen LogP contribution in [0.15, 0.2) is 53.7 Å². The fourth-order valence-corrected chi connectivity index (χ4v) is 4.67. The molecule has 0 atom stereocenters. The Labute approximate surface area is 222 Å². The van der Waals surface area contributed by atoms with E-state index in [-0.39, 0.29) is 28.9 Å². The van der Waals surface area contributed by atoms with Crippen LogP contribution in [-0.2, 0) is 29.2 Å². The van der Waals surface area contributed by atoms with E-state index < -0.39 is 17.6 Å². The summed E-state index contributed by atoms with van der Waals surface area (Å²) in [5, 5.41) is 0.493. The maximum atomic E-state index is 13.3. The molecule has 1 amide bonds. The first-order valence-electron chi connectivity index (χ1n) is 11.9. The van der Waals surface area contributed by atoms with Crippen molar-refractivity contribution < 1.29 is 22.8 Å². The molecule has 0 saturated heterocycles. The van der Waals surface area contributed by atoms with E-state index in [1.54, 1.807) is 18.5 Å². The molecule has 11 heteroatoms. The fraction of sp³-hybridized carbons (Fsp3) is 0.333. The van der Waals surface area contributed by atoms with Crippen LogP contribution in [0.4, 0.5) is 13.2 Å². The second-order valence-electron chi connectivity index (χ2n) is 9.70. The normalized spacial score (nSPS) is 12.2. The Morgan fingerprint density at radius 1 is 1.05 bits per heavy atom. The number of fused-ring (bicyclic) bond motifs is 1. The highest BCUT2D eigenvalue weighted by Gasteiger charge is 2.31. The van der Waals surface area contributed by atoms with Crippen molar-refractivity contribution in [3.05, 3.63) is 71.0 Å². The zero-order valence-electron chi connectivity index (χ0n) is 21.7. The van der Waals surface area contributed by atoms with Crippen LogP contribution in [0.1, 0.15) is 54.9 Å². The summed E-state index contributed by atoms with van der Waals surface area (Å²) in [5.74, 6) is 0.273. The molecule has 0 radical (unpaired) electrons. The minimum Gasteiger partial charge on any atom is -0.326 e. The van der Waals surface area contributed by atoms with E-state index in [1.165, 1.54) is 29.6 Å². The molecule has 2 heterocycles. The van der Waals surface area contributed by atoms with Crippen molar-refractivity contribution in [3.63, 3.8) is 0 Å². The smallest absolute Gasteiger partial charge is 0.326 e. The average Bonchev–Trinajstić information content (AvgIpc) is 3.20. The molecule has 0 spiro atoms. The van der Waals surface area contributed by atoms with Crippen LogP contribution >= 0.6 is 11.8 Å². The molecular formula is C27H28F3N5O2S. The minimum atomic E-state index is -4.49. The lowest BCUT2D eigenvalue weighted by Gasteiger charge is -2.19. The average molecular weight is 544 g/mol. The second-order valence-corrected chi connectivity index (χ2v) is 10.7. The zero-order valence-corrected chi connectivity index (χ0v) is 22.5. The lowest BCUT2D eigenvalue weighted by molar-refractivity contribution is -0.137. The van der Waals surface area contributed by atoms with Crippen molar-refractivity contribution in [2.45, 2.75) is 50.1 Å². The Hall–Kier alpha value is -3.44. The van der Waals surface area contributed by atoms with E-state index in [1.807, 2.05) is 0 Å². The van der Waals surface area contributed by atoms with Gasteiger partial charge in [0.1, 0.15) is 16.4 Å². The molecule has 38 heavy (non-hydrogen) atoms. The summed E-state index contributed by atoms with van der Waals surface area (Å²) in [6, 6.07) is 11.7. The molecule has 200 valence electrons. The molecule has 2 aromatic heterocycles. The second kappa shape index (κ2) is 10.7. The number of nitrogens with one attached hydrogen (secondary N) is 1. The highest BCUT2D eigenvalue weighted by Crippen LogP contribution is 2.35. The highest BCUT2D eigenvalue weighted by atomic mass is 32.2. The van der Waals surface area contributed by atoms with Gasteiger partial charge >= 0.3 is 6.18 Å². The Bertz CT molecular complexity index is 1460. The van der Waals surface area contributed by atoms with E-state index in [4.69, 9.17) is 4.84 Å². The largest absolute Gasteiger partial charge is 0.416 e.